The van der Waals surface area contributed by atoms with E-state index in [1.165, 1.54) is 6.42 Å². The molecule has 0 aromatic carbocycles. The van der Waals surface area contributed by atoms with E-state index >= 15 is 0 Å². The average molecular weight is 316 g/mol. The topological polar surface area (TPSA) is 66.5 Å². The molecule has 0 spiro atoms. The second-order valence-corrected chi connectivity index (χ2v) is 8.69. The lowest BCUT2D eigenvalue weighted by Gasteiger charge is -2.27. The number of carbonyl (C=O) groups excluding carboxylic acids is 1. The van der Waals surface area contributed by atoms with Crippen molar-refractivity contribution in [3.63, 3.8) is 0 Å². The smallest absolute Gasteiger partial charge is 0.222 e. The van der Waals surface area contributed by atoms with E-state index in [1.54, 1.807) is 0 Å². The molecular formula is C15H28N2O3S. The van der Waals surface area contributed by atoms with E-state index in [0.29, 0.717) is 18.9 Å². The van der Waals surface area contributed by atoms with Gasteiger partial charge in [-0.3, -0.25) is 4.79 Å². The lowest BCUT2D eigenvalue weighted by Crippen LogP contribution is -2.42. The molecule has 2 aliphatic rings. The van der Waals surface area contributed by atoms with Gasteiger partial charge in [0.1, 0.15) is 0 Å². The molecule has 0 aromatic rings. The van der Waals surface area contributed by atoms with Gasteiger partial charge in [-0.2, -0.15) is 0 Å². The fraction of sp³-hybridized carbons (Fsp3) is 0.933. The van der Waals surface area contributed by atoms with Crippen LogP contribution < -0.4 is 5.32 Å². The molecule has 2 fully saturated rings. The molecule has 2 atom stereocenters. The quantitative estimate of drug-likeness (QED) is 0.766. The summed E-state index contributed by atoms with van der Waals surface area (Å²) in [4.78, 5) is 14.5. The molecule has 122 valence electrons. The third kappa shape index (κ3) is 5.25. The van der Waals surface area contributed by atoms with Gasteiger partial charge in [-0.1, -0.05) is 13.3 Å². The van der Waals surface area contributed by atoms with E-state index in [9.17, 15) is 13.2 Å². The van der Waals surface area contributed by atoms with Crippen LogP contribution in [0.2, 0.25) is 0 Å². The van der Waals surface area contributed by atoms with Gasteiger partial charge in [0.2, 0.25) is 5.91 Å². The first-order valence-electron chi connectivity index (χ1n) is 8.22. The first-order valence-corrected chi connectivity index (χ1v) is 10.0. The molecule has 0 aliphatic carbocycles. The largest absolute Gasteiger partial charge is 0.341 e. The Morgan fingerprint density at radius 1 is 1.33 bits per heavy atom. The number of unbranched alkanes of at least 4 members (excludes halogenated alkanes) is 1. The van der Waals surface area contributed by atoms with Crippen LogP contribution >= 0.6 is 0 Å². The third-order valence-corrected chi connectivity index (χ3v) is 6.36. The normalized spacial score (nSPS) is 27.9. The van der Waals surface area contributed by atoms with Crippen LogP contribution in [0.4, 0.5) is 0 Å². The number of carbonyl (C=O) groups is 1. The molecule has 1 N–H and O–H groups in total. The molecule has 2 heterocycles. The Bertz CT molecular complexity index is 444. The van der Waals surface area contributed by atoms with E-state index in [1.807, 2.05) is 4.90 Å². The molecular weight excluding hydrogens is 288 g/mol. The molecule has 1 amide bonds. The number of nitrogens with zero attached hydrogens (tertiary/aromatic N) is 1. The lowest BCUT2D eigenvalue weighted by atomic mass is 10.0. The van der Waals surface area contributed by atoms with Crippen LogP contribution in [0, 0.1) is 5.92 Å². The maximum atomic E-state index is 12.5. The molecule has 0 aromatic heterocycles. The predicted octanol–water partition coefficient (Wildman–Crippen LogP) is 1.19. The van der Waals surface area contributed by atoms with Gasteiger partial charge in [-0.05, 0) is 38.1 Å². The summed E-state index contributed by atoms with van der Waals surface area (Å²) >= 11 is 0. The standard InChI is InChI=1S/C15H28N2O3S/c1-2-3-8-17(11-14-5-4-7-16-14)15(18)10-13-6-9-21(19,20)12-13/h13-14,16H,2-12H2,1H3. The van der Waals surface area contributed by atoms with Gasteiger partial charge in [-0.25, -0.2) is 8.42 Å². The monoisotopic (exact) mass is 316 g/mol. The van der Waals surface area contributed by atoms with Crippen molar-refractivity contribution in [1.29, 1.82) is 0 Å². The van der Waals surface area contributed by atoms with Crippen LogP contribution in [0.1, 0.15) is 45.4 Å². The number of hydrogen-bond donors (Lipinski definition) is 1. The molecule has 2 saturated heterocycles. The van der Waals surface area contributed by atoms with Crippen LogP contribution in [0.25, 0.3) is 0 Å². The Labute approximate surface area is 128 Å². The van der Waals surface area contributed by atoms with Crippen molar-refractivity contribution < 1.29 is 13.2 Å². The number of amides is 1. The number of hydrogen-bond acceptors (Lipinski definition) is 4. The van der Waals surface area contributed by atoms with Crippen molar-refractivity contribution in [2.45, 2.75) is 51.5 Å². The fourth-order valence-electron chi connectivity index (χ4n) is 3.25. The summed E-state index contributed by atoms with van der Waals surface area (Å²) in [5.41, 5.74) is 0. The second-order valence-electron chi connectivity index (χ2n) is 6.46. The van der Waals surface area contributed by atoms with Crippen molar-refractivity contribution in [3.8, 4) is 0 Å². The van der Waals surface area contributed by atoms with E-state index < -0.39 is 9.84 Å². The summed E-state index contributed by atoms with van der Waals surface area (Å²) in [6, 6.07) is 0.415. The molecule has 21 heavy (non-hydrogen) atoms. The maximum absolute atomic E-state index is 12.5. The number of nitrogens with one attached hydrogen (secondary N) is 1. The molecule has 5 nitrogen and oxygen atoms in total. The van der Waals surface area contributed by atoms with Gasteiger partial charge < -0.3 is 10.2 Å². The highest BCUT2D eigenvalue weighted by Crippen LogP contribution is 2.22. The average Bonchev–Trinajstić information content (AvgIpc) is 3.04. The molecule has 2 aliphatic heterocycles. The zero-order valence-corrected chi connectivity index (χ0v) is 13.8. The van der Waals surface area contributed by atoms with Crippen molar-refractivity contribution in [3.05, 3.63) is 0 Å². The van der Waals surface area contributed by atoms with E-state index in [2.05, 4.69) is 12.2 Å². The van der Waals surface area contributed by atoms with Crippen molar-refractivity contribution >= 4 is 15.7 Å². The van der Waals surface area contributed by atoms with Crippen molar-refractivity contribution in [2.75, 3.05) is 31.1 Å². The molecule has 0 radical (unpaired) electrons. The molecule has 0 bridgehead atoms. The zero-order chi connectivity index (χ0) is 15.3. The number of sulfone groups is 1. The summed E-state index contributed by atoms with van der Waals surface area (Å²) < 4.78 is 23.0. The van der Waals surface area contributed by atoms with Gasteiger partial charge in [-0.15, -0.1) is 0 Å². The minimum Gasteiger partial charge on any atom is -0.341 e. The SMILES string of the molecule is CCCCN(CC1CCCN1)C(=O)CC1CCS(=O)(=O)C1. The summed E-state index contributed by atoms with van der Waals surface area (Å²) in [5, 5.41) is 3.44. The Balaban J connectivity index is 1.87. The van der Waals surface area contributed by atoms with Gasteiger partial charge >= 0.3 is 0 Å². The summed E-state index contributed by atoms with van der Waals surface area (Å²) in [7, 11) is -2.89. The minimum atomic E-state index is -2.89. The van der Waals surface area contributed by atoms with Crippen LogP contribution in [0.3, 0.4) is 0 Å². The summed E-state index contributed by atoms with van der Waals surface area (Å²) in [5.74, 6) is 0.619. The zero-order valence-electron chi connectivity index (χ0n) is 13.0. The summed E-state index contributed by atoms with van der Waals surface area (Å²) in [6.45, 7) is 4.74. The minimum absolute atomic E-state index is 0.0307. The Morgan fingerprint density at radius 2 is 2.14 bits per heavy atom. The van der Waals surface area contributed by atoms with Gasteiger partial charge in [0.25, 0.3) is 0 Å². The first kappa shape index (κ1) is 16.7. The number of rotatable bonds is 7. The van der Waals surface area contributed by atoms with Gasteiger partial charge in [0, 0.05) is 25.6 Å². The molecule has 0 saturated carbocycles. The predicted molar refractivity (Wildman–Crippen MR) is 83.9 cm³/mol. The highest BCUT2D eigenvalue weighted by molar-refractivity contribution is 7.91. The van der Waals surface area contributed by atoms with E-state index in [4.69, 9.17) is 0 Å². The Kier molecular flexibility index (Phi) is 6.05. The highest BCUT2D eigenvalue weighted by atomic mass is 32.2. The maximum Gasteiger partial charge on any atom is 0.222 e. The van der Waals surface area contributed by atoms with Crippen molar-refractivity contribution in [1.82, 2.24) is 10.2 Å². The molecule has 6 heteroatoms. The molecule has 2 rings (SSSR count). The van der Waals surface area contributed by atoms with Crippen LogP contribution in [-0.2, 0) is 14.6 Å². The first-order chi connectivity index (χ1) is 10.00. The highest BCUT2D eigenvalue weighted by Gasteiger charge is 2.31. The lowest BCUT2D eigenvalue weighted by molar-refractivity contribution is -0.132. The summed E-state index contributed by atoms with van der Waals surface area (Å²) in [6.07, 6.45) is 5.45. The van der Waals surface area contributed by atoms with Gasteiger partial charge in [0.05, 0.1) is 11.5 Å². The molecule has 2 unspecified atom stereocenters. The van der Waals surface area contributed by atoms with E-state index in [-0.39, 0.29) is 23.3 Å². The van der Waals surface area contributed by atoms with Crippen molar-refractivity contribution in [2.24, 2.45) is 5.92 Å². The Morgan fingerprint density at radius 3 is 2.71 bits per heavy atom. The third-order valence-electron chi connectivity index (χ3n) is 4.53. The van der Waals surface area contributed by atoms with E-state index in [0.717, 1.165) is 38.9 Å². The van der Waals surface area contributed by atoms with Gasteiger partial charge in [0.15, 0.2) is 9.84 Å². The Hall–Kier alpha value is -0.620. The fourth-order valence-corrected chi connectivity index (χ4v) is 5.12. The van der Waals surface area contributed by atoms with Crippen LogP contribution in [0.5, 0.6) is 0 Å². The second kappa shape index (κ2) is 7.58. The van der Waals surface area contributed by atoms with Crippen LogP contribution in [0.15, 0.2) is 0 Å². The van der Waals surface area contributed by atoms with Crippen LogP contribution in [-0.4, -0.2) is 56.4 Å².